The first-order valence-corrected chi connectivity index (χ1v) is 9.11. The van der Waals surface area contributed by atoms with Crippen molar-refractivity contribution in [2.75, 3.05) is 6.54 Å². The van der Waals surface area contributed by atoms with Crippen LogP contribution in [0.3, 0.4) is 0 Å². The summed E-state index contributed by atoms with van der Waals surface area (Å²) in [5, 5.41) is -0.807. The molecule has 0 fully saturated rings. The molecule has 0 aromatic heterocycles. The molecule has 0 spiro atoms. The fraction of sp³-hybridized carbons (Fsp3) is 0.0588. The lowest BCUT2D eigenvalue weighted by Crippen LogP contribution is -2.47. The number of halogens is 4. The Morgan fingerprint density at radius 3 is 1.79 bits per heavy atom. The SMILES string of the molecule is O=C(CN1C(=O)c2c(Cl)c(Cl)c(Cl)c(Cl)c2C1=O)NNC(=O)c1ccccc1. The van der Waals surface area contributed by atoms with Crippen molar-refractivity contribution in [2.24, 2.45) is 0 Å². The number of nitrogens with zero attached hydrogens (tertiary/aromatic N) is 1. The van der Waals surface area contributed by atoms with Crippen LogP contribution in [-0.4, -0.2) is 35.1 Å². The summed E-state index contributed by atoms with van der Waals surface area (Å²) in [5.41, 5.74) is 4.16. The van der Waals surface area contributed by atoms with E-state index in [-0.39, 0.29) is 31.2 Å². The van der Waals surface area contributed by atoms with E-state index in [1.807, 2.05) is 0 Å². The van der Waals surface area contributed by atoms with Gasteiger partial charge in [0.2, 0.25) is 0 Å². The van der Waals surface area contributed by atoms with Crippen LogP contribution in [0.2, 0.25) is 20.1 Å². The highest BCUT2D eigenvalue weighted by atomic mass is 35.5. The molecule has 3 rings (SSSR count). The van der Waals surface area contributed by atoms with E-state index in [1.165, 1.54) is 0 Å². The molecule has 144 valence electrons. The smallest absolute Gasteiger partial charge is 0.269 e. The summed E-state index contributed by atoms with van der Waals surface area (Å²) in [7, 11) is 0. The molecule has 0 unspecified atom stereocenters. The van der Waals surface area contributed by atoms with Gasteiger partial charge in [0.1, 0.15) is 6.54 Å². The summed E-state index contributed by atoms with van der Waals surface area (Å²) < 4.78 is 0. The first-order valence-electron chi connectivity index (χ1n) is 7.60. The fourth-order valence-corrected chi connectivity index (χ4v) is 3.52. The van der Waals surface area contributed by atoms with Crippen molar-refractivity contribution in [3.05, 3.63) is 67.1 Å². The minimum Gasteiger partial charge on any atom is -0.271 e. The van der Waals surface area contributed by atoms with E-state index in [1.54, 1.807) is 30.3 Å². The van der Waals surface area contributed by atoms with Crippen LogP contribution < -0.4 is 10.9 Å². The van der Waals surface area contributed by atoms with Gasteiger partial charge in [-0.15, -0.1) is 0 Å². The number of carbonyl (C=O) groups excluding carboxylic acids is 4. The van der Waals surface area contributed by atoms with E-state index in [2.05, 4.69) is 10.9 Å². The molecule has 0 saturated carbocycles. The maximum atomic E-state index is 12.5. The zero-order valence-corrected chi connectivity index (χ0v) is 16.7. The highest BCUT2D eigenvalue weighted by molar-refractivity contribution is 6.55. The second kappa shape index (κ2) is 7.97. The summed E-state index contributed by atoms with van der Waals surface area (Å²) in [4.78, 5) is 49.7. The van der Waals surface area contributed by atoms with Crippen molar-refractivity contribution in [1.82, 2.24) is 15.8 Å². The minimum atomic E-state index is -0.852. The lowest BCUT2D eigenvalue weighted by atomic mass is 10.1. The second-order valence-electron chi connectivity index (χ2n) is 5.57. The normalized spacial score (nSPS) is 12.8. The van der Waals surface area contributed by atoms with E-state index in [0.29, 0.717) is 10.5 Å². The summed E-state index contributed by atoms with van der Waals surface area (Å²) in [6.07, 6.45) is 0. The molecule has 4 amide bonds. The van der Waals surface area contributed by atoms with Crippen LogP contribution in [0.15, 0.2) is 30.3 Å². The molecule has 0 radical (unpaired) electrons. The number of hydrogen-bond donors (Lipinski definition) is 2. The molecule has 0 atom stereocenters. The maximum absolute atomic E-state index is 12.5. The molecule has 7 nitrogen and oxygen atoms in total. The molecule has 11 heteroatoms. The molecule has 28 heavy (non-hydrogen) atoms. The molecule has 2 aromatic rings. The van der Waals surface area contributed by atoms with Crippen molar-refractivity contribution >= 4 is 70.0 Å². The molecule has 1 heterocycles. The predicted octanol–water partition coefficient (Wildman–Crippen LogP) is 3.36. The Bertz CT molecular complexity index is 980. The first-order chi connectivity index (χ1) is 13.2. The zero-order chi connectivity index (χ0) is 20.6. The molecule has 2 aromatic carbocycles. The number of carbonyl (C=O) groups is 4. The van der Waals surface area contributed by atoms with Gasteiger partial charge in [-0.3, -0.25) is 34.9 Å². The monoisotopic (exact) mass is 459 g/mol. The number of hydrogen-bond acceptors (Lipinski definition) is 4. The number of rotatable bonds is 3. The van der Waals surface area contributed by atoms with Crippen LogP contribution in [-0.2, 0) is 4.79 Å². The highest BCUT2D eigenvalue weighted by Gasteiger charge is 2.42. The molecule has 1 aliphatic rings. The Morgan fingerprint density at radius 1 is 0.786 bits per heavy atom. The Hall–Kier alpha value is -2.32. The van der Waals surface area contributed by atoms with Gasteiger partial charge < -0.3 is 0 Å². The van der Waals surface area contributed by atoms with Crippen LogP contribution in [0, 0.1) is 0 Å². The Kier molecular flexibility index (Phi) is 5.81. The van der Waals surface area contributed by atoms with Gasteiger partial charge in [0.05, 0.1) is 31.2 Å². The van der Waals surface area contributed by atoms with Gasteiger partial charge in [-0.2, -0.15) is 0 Å². The number of imide groups is 1. The van der Waals surface area contributed by atoms with E-state index in [4.69, 9.17) is 46.4 Å². The van der Waals surface area contributed by atoms with Crippen LogP contribution >= 0.6 is 46.4 Å². The van der Waals surface area contributed by atoms with Crippen molar-refractivity contribution in [1.29, 1.82) is 0 Å². The van der Waals surface area contributed by atoms with E-state index >= 15 is 0 Å². The van der Waals surface area contributed by atoms with Gasteiger partial charge in [-0.05, 0) is 12.1 Å². The topological polar surface area (TPSA) is 95.6 Å². The number of hydrazine groups is 1. The standard InChI is InChI=1S/C17H9Cl4N3O4/c18-11-9-10(12(19)14(21)13(11)20)17(28)24(16(9)27)6-8(25)22-23-15(26)7-4-2-1-3-5-7/h1-5H,6H2,(H,22,25)(H,23,26). The van der Waals surface area contributed by atoms with Crippen LogP contribution in [0.5, 0.6) is 0 Å². The molecule has 0 bridgehead atoms. The van der Waals surface area contributed by atoms with Gasteiger partial charge >= 0.3 is 0 Å². The van der Waals surface area contributed by atoms with Crippen molar-refractivity contribution in [3.8, 4) is 0 Å². The first kappa shape index (κ1) is 20.4. The third-order valence-corrected chi connectivity index (χ3v) is 5.64. The molecular weight excluding hydrogens is 452 g/mol. The van der Waals surface area contributed by atoms with Gasteiger partial charge in [0, 0.05) is 5.56 Å². The number of nitrogens with one attached hydrogen (secondary N) is 2. The Balaban J connectivity index is 1.73. The summed E-state index contributed by atoms with van der Waals surface area (Å²) in [6.45, 7) is -0.677. The predicted molar refractivity (Wildman–Crippen MR) is 104 cm³/mol. The number of benzene rings is 2. The van der Waals surface area contributed by atoms with Crippen molar-refractivity contribution in [3.63, 3.8) is 0 Å². The lowest BCUT2D eigenvalue weighted by Gasteiger charge is -2.14. The average Bonchev–Trinajstić information content (AvgIpc) is 2.94. The summed E-state index contributed by atoms with van der Waals surface area (Å²) in [5.74, 6) is -3.09. The third kappa shape index (κ3) is 3.54. The van der Waals surface area contributed by atoms with Crippen LogP contribution in [0.4, 0.5) is 0 Å². The third-order valence-electron chi connectivity index (χ3n) is 3.84. The lowest BCUT2D eigenvalue weighted by molar-refractivity contribution is -0.122. The van der Waals surface area contributed by atoms with Gasteiger partial charge in [0.15, 0.2) is 0 Å². The maximum Gasteiger partial charge on any atom is 0.269 e. The molecular formula is C17H9Cl4N3O4. The molecule has 0 saturated heterocycles. The van der Waals surface area contributed by atoms with Crippen LogP contribution in [0.1, 0.15) is 31.1 Å². The quantitative estimate of drug-likeness (QED) is 0.317. The summed E-state index contributed by atoms with van der Waals surface area (Å²) in [6, 6.07) is 8.12. The summed E-state index contributed by atoms with van der Waals surface area (Å²) >= 11 is 23.9. The van der Waals surface area contributed by atoms with E-state index in [0.717, 1.165) is 0 Å². The van der Waals surface area contributed by atoms with E-state index < -0.39 is 30.2 Å². The number of amides is 4. The van der Waals surface area contributed by atoms with Crippen molar-refractivity contribution in [2.45, 2.75) is 0 Å². The molecule has 0 aliphatic carbocycles. The highest BCUT2D eigenvalue weighted by Crippen LogP contribution is 2.44. The van der Waals surface area contributed by atoms with Gasteiger partial charge in [-0.25, -0.2) is 0 Å². The van der Waals surface area contributed by atoms with Gasteiger partial charge in [0.25, 0.3) is 23.6 Å². The van der Waals surface area contributed by atoms with Gasteiger partial charge in [-0.1, -0.05) is 64.6 Å². The number of fused-ring (bicyclic) bond motifs is 1. The molecule has 1 aliphatic heterocycles. The largest absolute Gasteiger partial charge is 0.271 e. The zero-order valence-electron chi connectivity index (χ0n) is 13.7. The minimum absolute atomic E-state index is 0.172. The molecule has 2 N–H and O–H groups in total. The Morgan fingerprint density at radius 2 is 1.29 bits per heavy atom. The average molecular weight is 461 g/mol. The van der Waals surface area contributed by atoms with Crippen molar-refractivity contribution < 1.29 is 19.2 Å². The Labute approximate surface area is 178 Å². The second-order valence-corrected chi connectivity index (χ2v) is 7.08. The fourth-order valence-electron chi connectivity index (χ4n) is 2.51. The van der Waals surface area contributed by atoms with E-state index in [9.17, 15) is 19.2 Å². The van der Waals surface area contributed by atoms with Crippen LogP contribution in [0.25, 0.3) is 0 Å².